The highest BCUT2D eigenvalue weighted by atomic mass is 19.1. The van der Waals surface area contributed by atoms with Crippen molar-refractivity contribution < 1.29 is 23.5 Å². The van der Waals surface area contributed by atoms with Gasteiger partial charge < -0.3 is 15.4 Å². The van der Waals surface area contributed by atoms with Crippen molar-refractivity contribution in [2.45, 2.75) is 19.4 Å². The number of amides is 1. The Labute approximate surface area is 147 Å². The van der Waals surface area contributed by atoms with Crippen LogP contribution in [0.25, 0.3) is 10.9 Å². The summed E-state index contributed by atoms with van der Waals surface area (Å²) in [6.07, 6.45) is 2.25. The summed E-state index contributed by atoms with van der Waals surface area (Å²) < 4.78 is 27.0. The fourth-order valence-electron chi connectivity index (χ4n) is 2.92. The summed E-state index contributed by atoms with van der Waals surface area (Å²) in [5, 5.41) is 12.3. The third kappa shape index (κ3) is 3.15. The Kier molecular flexibility index (Phi) is 4.71. The van der Waals surface area contributed by atoms with Crippen molar-refractivity contribution in [3.05, 3.63) is 70.9 Å². The minimum Gasteiger partial charge on any atom is -0.479 e. The second-order valence-corrected chi connectivity index (χ2v) is 5.81. The van der Waals surface area contributed by atoms with Gasteiger partial charge in [0.15, 0.2) is 6.04 Å². The smallest absolute Gasteiger partial charge is 0.331 e. The maximum atomic E-state index is 13.9. The molecule has 3 aromatic rings. The molecule has 134 valence electrons. The predicted octanol–water partition coefficient (Wildman–Crippen LogP) is 3.56. The van der Waals surface area contributed by atoms with Gasteiger partial charge in [0.05, 0.1) is 5.56 Å². The van der Waals surface area contributed by atoms with Gasteiger partial charge in [-0.25, -0.2) is 13.6 Å². The van der Waals surface area contributed by atoms with Gasteiger partial charge in [-0.15, -0.1) is 0 Å². The van der Waals surface area contributed by atoms with Gasteiger partial charge in [-0.05, 0) is 18.1 Å². The van der Waals surface area contributed by atoms with Gasteiger partial charge in [-0.2, -0.15) is 0 Å². The Morgan fingerprint density at radius 3 is 2.65 bits per heavy atom. The lowest BCUT2D eigenvalue weighted by Gasteiger charge is -2.15. The summed E-state index contributed by atoms with van der Waals surface area (Å²) in [6, 6.07) is 6.37. The van der Waals surface area contributed by atoms with Gasteiger partial charge in [-0.1, -0.05) is 31.2 Å². The number of aromatic amines is 1. The molecule has 0 fully saturated rings. The number of carboxylic acids is 1. The number of hydrogen-bond donors (Lipinski definition) is 3. The number of para-hydroxylation sites is 1. The third-order valence-electron chi connectivity index (χ3n) is 4.22. The minimum atomic E-state index is -1.64. The molecular formula is C19H16F2N2O3. The van der Waals surface area contributed by atoms with E-state index in [-0.39, 0.29) is 11.1 Å². The lowest BCUT2D eigenvalue weighted by atomic mass is 10.0. The van der Waals surface area contributed by atoms with E-state index in [4.69, 9.17) is 0 Å². The number of aliphatic carboxylic acids is 1. The van der Waals surface area contributed by atoms with Gasteiger partial charge in [0.1, 0.15) is 11.6 Å². The molecule has 0 spiro atoms. The van der Waals surface area contributed by atoms with Crippen LogP contribution in [0.1, 0.15) is 34.5 Å². The highest BCUT2D eigenvalue weighted by molar-refractivity contribution is 6.08. The second kappa shape index (κ2) is 6.95. The minimum absolute atomic E-state index is 0.254. The van der Waals surface area contributed by atoms with E-state index in [2.05, 4.69) is 10.3 Å². The summed E-state index contributed by atoms with van der Waals surface area (Å²) in [5.41, 5.74) is 1.74. The standard InChI is InChI=1S/C19H16F2N2O3/c1-2-10-4-3-5-12-14(9-22-16(10)12)18(24)23-17(19(25)26)13-7-6-11(20)8-15(13)21/h3-9,17,22H,2H2,1H3,(H,23,24)(H,25,26). The molecule has 1 heterocycles. The van der Waals surface area contributed by atoms with Gasteiger partial charge in [0.25, 0.3) is 5.91 Å². The highest BCUT2D eigenvalue weighted by Crippen LogP contribution is 2.24. The molecule has 0 bridgehead atoms. The van der Waals surface area contributed by atoms with Crippen molar-refractivity contribution in [1.29, 1.82) is 0 Å². The Bertz CT molecular complexity index is 998. The molecule has 0 saturated carbocycles. The Morgan fingerprint density at radius 2 is 2.00 bits per heavy atom. The molecule has 0 aliphatic heterocycles. The van der Waals surface area contributed by atoms with Crippen LogP contribution in [-0.2, 0) is 11.2 Å². The molecule has 7 heteroatoms. The molecule has 0 radical (unpaired) electrons. The third-order valence-corrected chi connectivity index (χ3v) is 4.22. The Hall–Kier alpha value is -3.22. The molecule has 26 heavy (non-hydrogen) atoms. The molecule has 1 aromatic heterocycles. The van der Waals surface area contributed by atoms with Crippen LogP contribution in [0.4, 0.5) is 8.78 Å². The van der Waals surface area contributed by atoms with Crippen LogP contribution in [0.3, 0.4) is 0 Å². The number of aryl methyl sites for hydroxylation is 1. The van der Waals surface area contributed by atoms with E-state index in [0.29, 0.717) is 11.5 Å². The number of carbonyl (C=O) groups excluding carboxylic acids is 1. The number of carbonyl (C=O) groups is 2. The zero-order valence-corrected chi connectivity index (χ0v) is 13.8. The molecule has 0 aliphatic carbocycles. The molecule has 1 atom stereocenters. The average Bonchev–Trinajstić information content (AvgIpc) is 3.04. The van der Waals surface area contributed by atoms with Crippen molar-refractivity contribution >= 4 is 22.8 Å². The molecule has 3 N–H and O–H groups in total. The first-order valence-corrected chi connectivity index (χ1v) is 8.00. The monoisotopic (exact) mass is 358 g/mol. The molecule has 1 amide bonds. The fourth-order valence-corrected chi connectivity index (χ4v) is 2.92. The highest BCUT2D eigenvalue weighted by Gasteiger charge is 2.27. The Morgan fingerprint density at radius 1 is 1.23 bits per heavy atom. The van der Waals surface area contributed by atoms with Crippen molar-refractivity contribution in [1.82, 2.24) is 10.3 Å². The first-order valence-electron chi connectivity index (χ1n) is 8.00. The number of rotatable bonds is 5. The topological polar surface area (TPSA) is 82.2 Å². The molecule has 5 nitrogen and oxygen atoms in total. The van der Waals surface area contributed by atoms with Gasteiger partial charge in [0.2, 0.25) is 0 Å². The lowest BCUT2D eigenvalue weighted by Crippen LogP contribution is -2.34. The van der Waals surface area contributed by atoms with Crippen LogP contribution < -0.4 is 5.32 Å². The fraction of sp³-hybridized carbons (Fsp3) is 0.158. The zero-order chi connectivity index (χ0) is 18.8. The van der Waals surface area contributed by atoms with E-state index >= 15 is 0 Å². The number of hydrogen-bond acceptors (Lipinski definition) is 2. The van der Waals surface area contributed by atoms with Crippen LogP contribution in [0.15, 0.2) is 42.6 Å². The molecule has 2 aromatic carbocycles. The number of aromatic nitrogens is 1. The lowest BCUT2D eigenvalue weighted by molar-refractivity contribution is -0.139. The van der Waals surface area contributed by atoms with E-state index in [9.17, 15) is 23.5 Å². The van der Waals surface area contributed by atoms with Crippen molar-refractivity contribution in [3.8, 4) is 0 Å². The zero-order valence-electron chi connectivity index (χ0n) is 13.8. The molecule has 3 rings (SSSR count). The summed E-state index contributed by atoms with van der Waals surface area (Å²) in [6.45, 7) is 1.98. The summed E-state index contributed by atoms with van der Waals surface area (Å²) >= 11 is 0. The predicted molar refractivity (Wildman–Crippen MR) is 91.9 cm³/mol. The number of benzene rings is 2. The Balaban J connectivity index is 1.96. The average molecular weight is 358 g/mol. The summed E-state index contributed by atoms with van der Waals surface area (Å²) in [7, 11) is 0. The molecule has 0 aliphatic rings. The van der Waals surface area contributed by atoms with E-state index in [1.165, 1.54) is 6.20 Å². The van der Waals surface area contributed by atoms with Crippen LogP contribution in [-0.4, -0.2) is 22.0 Å². The number of nitrogens with one attached hydrogen (secondary N) is 2. The summed E-state index contributed by atoms with van der Waals surface area (Å²) in [5.74, 6) is -3.98. The normalized spacial score (nSPS) is 12.1. The SMILES string of the molecule is CCc1cccc2c(C(=O)NC(C(=O)O)c3ccc(F)cc3F)c[nH]c12. The van der Waals surface area contributed by atoms with Crippen LogP contribution in [0, 0.1) is 11.6 Å². The second-order valence-electron chi connectivity index (χ2n) is 5.81. The maximum Gasteiger partial charge on any atom is 0.331 e. The van der Waals surface area contributed by atoms with Crippen LogP contribution in [0.5, 0.6) is 0 Å². The van der Waals surface area contributed by atoms with E-state index in [1.807, 2.05) is 13.0 Å². The maximum absolute atomic E-state index is 13.9. The summed E-state index contributed by atoms with van der Waals surface area (Å²) in [4.78, 5) is 27.1. The number of halogens is 2. The van der Waals surface area contributed by atoms with E-state index < -0.39 is 29.6 Å². The van der Waals surface area contributed by atoms with Crippen molar-refractivity contribution in [2.75, 3.05) is 0 Å². The van der Waals surface area contributed by atoms with Crippen molar-refractivity contribution in [3.63, 3.8) is 0 Å². The number of H-pyrrole nitrogens is 1. The number of carboxylic acid groups (broad SMARTS) is 1. The van der Waals surface area contributed by atoms with Gasteiger partial charge in [-0.3, -0.25) is 4.79 Å². The van der Waals surface area contributed by atoms with E-state index in [0.717, 1.165) is 29.6 Å². The largest absolute Gasteiger partial charge is 0.479 e. The first-order chi connectivity index (χ1) is 12.4. The van der Waals surface area contributed by atoms with Gasteiger partial charge in [0, 0.05) is 28.7 Å². The quantitative estimate of drug-likeness (QED) is 0.652. The first kappa shape index (κ1) is 17.6. The number of fused-ring (bicyclic) bond motifs is 1. The molecular weight excluding hydrogens is 342 g/mol. The van der Waals surface area contributed by atoms with E-state index in [1.54, 1.807) is 12.1 Å². The van der Waals surface area contributed by atoms with Gasteiger partial charge >= 0.3 is 5.97 Å². The van der Waals surface area contributed by atoms with Crippen LogP contribution >= 0.6 is 0 Å². The molecule has 1 unspecified atom stereocenters. The van der Waals surface area contributed by atoms with Crippen LogP contribution in [0.2, 0.25) is 0 Å². The van der Waals surface area contributed by atoms with Crippen molar-refractivity contribution in [2.24, 2.45) is 0 Å². The molecule has 0 saturated heterocycles.